The number of nitrogens with one attached hydrogen (secondary N) is 1. The number of hydrogen-bond donors (Lipinski definition) is 1. The van der Waals surface area contributed by atoms with E-state index in [-0.39, 0.29) is 0 Å². The fourth-order valence-corrected chi connectivity index (χ4v) is 2.15. The van der Waals surface area contributed by atoms with Gasteiger partial charge in [0.05, 0.1) is 17.4 Å². The molecule has 0 aliphatic rings. The van der Waals surface area contributed by atoms with Crippen LogP contribution in [0.3, 0.4) is 0 Å². The lowest BCUT2D eigenvalue weighted by Gasteiger charge is -2.04. The van der Waals surface area contributed by atoms with Gasteiger partial charge < -0.3 is 5.32 Å². The van der Waals surface area contributed by atoms with Crippen LogP contribution in [0.1, 0.15) is 17.0 Å². The largest absolute Gasteiger partial charge is 0.307 e. The van der Waals surface area contributed by atoms with E-state index in [0.29, 0.717) is 0 Å². The van der Waals surface area contributed by atoms with Crippen LogP contribution in [0.4, 0.5) is 0 Å². The fourth-order valence-electron chi connectivity index (χ4n) is 2.15. The SMILES string of the molecule is Cc1cccc(CNCc2cnn3ccccc23)n1. The Bertz CT molecular complexity index is 687. The third-order valence-electron chi connectivity index (χ3n) is 3.07. The lowest BCUT2D eigenvalue weighted by Crippen LogP contribution is -2.13. The molecule has 0 unspecified atom stereocenters. The van der Waals surface area contributed by atoms with Gasteiger partial charge in [0.2, 0.25) is 0 Å². The molecule has 1 N–H and O–H groups in total. The number of rotatable bonds is 4. The van der Waals surface area contributed by atoms with Gasteiger partial charge in [-0.1, -0.05) is 12.1 Å². The number of aryl methyl sites for hydroxylation is 1. The van der Waals surface area contributed by atoms with Gasteiger partial charge in [0.15, 0.2) is 0 Å². The molecular weight excluding hydrogens is 236 g/mol. The Hall–Kier alpha value is -2.20. The van der Waals surface area contributed by atoms with Gasteiger partial charge in [-0.2, -0.15) is 5.10 Å². The molecule has 4 heteroatoms. The standard InChI is InChI=1S/C15H16N4/c1-12-5-4-6-14(18-12)11-16-9-13-10-17-19-8-3-2-7-15(13)19/h2-8,10,16H,9,11H2,1H3. The predicted molar refractivity (Wildman–Crippen MR) is 74.7 cm³/mol. The van der Waals surface area contributed by atoms with Crippen molar-refractivity contribution >= 4 is 5.52 Å². The number of aromatic nitrogens is 3. The summed E-state index contributed by atoms with van der Waals surface area (Å²) < 4.78 is 1.89. The zero-order chi connectivity index (χ0) is 13.1. The lowest BCUT2D eigenvalue weighted by atomic mass is 10.2. The fraction of sp³-hybridized carbons (Fsp3) is 0.200. The zero-order valence-corrected chi connectivity index (χ0v) is 10.9. The van der Waals surface area contributed by atoms with Gasteiger partial charge in [-0.3, -0.25) is 4.98 Å². The molecule has 3 rings (SSSR count). The molecule has 3 aromatic rings. The topological polar surface area (TPSA) is 42.2 Å². The van der Waals surface area contributed by atoms with E-state index in [4.69, 9.17) is 0 Å². The molecule has 4 nitrogen and oxygen atoms in total. The molecule has 0 saturated carbocycles. The molecule has 0 fully saturated rings. The van der Waals surface area contributed by atoms with Crippen LogP contribution in [0.5, 0.6) is 0 Å². The summed E-state index contributed by atoms with van der Waals surface area (Å²) in [5, 5.41) is 7.73. The lowest BCUT2D eigenvalue weighted by molar-refractivity contribution is 0.681. The summed E-state index contributed by atoms with van der Waals surface area (Å²) in [4.78, 5) is 4.47. The number of fused-ring (bicyclic) bond motifs is 1. The second kappa shape index (κ2) is 5.20. The molecule has 0 atom stereocenters. The molecule has 0 aliphatic carbocycles. The molecule has 0 aromatic carbocycles. The average Bonchev–Trinajstić information content (AvgIpc) is 2.83. The molecule has 0 aliphatic heterocycles. The first-order valence-electron chi connectivity index (χ1n) is 6.37. The van der Waals surface area contributed by atoms with E-state index >= 15 is 0 Å². The highest BCUT2D eigenvalue weighted by Gasteiger charge is 2.02. The van der Waals surface area contributed by atoms with Crippen LogP contribution in [0.25, 0.3) is 5.52 Å². The highest BCUT2D eigenvalue weighted by Crippen LogP contribution is 2.09. The quantitative estimate of drug-likeness (QED) is 0.775. The maximum atomic E-state index is 4.47. The maximum absolute atomic E-state index is 4.47. The van der Waals surface area contributed by atoms with Gasteiger partial charge in [0.1, 0.15) is 0 Å². The molecule has 3 heterocycles. The highest BCUT2D eigenvalue weighted by atomic mass is 15.2. The van der Waals surface area contributed by atoms with Crippen LogP contribution in [0.15, 0.2) is 48.8 Å². The molecule has 0 saturated heterocycles. The normalized spacial score (nSPS) is 11.0. The minimum absolute atomic E-state index is 0.770. The molecule has 19 heavy (non-hydrogen) atoms. The van der Waals surface area contributed by atoms with Gasteiger partial charge in [-0.05, 0) is 31.2 Å². The summed E-state index contributed by atoms with van der Waals surface area (Å²) in [6.07, 6.45) is 3.87. The third-order valence-corrected chi connectivity index (χ3v) is 3.07. The molecule has 0 spiro atoms. The Morgan fingerprint density at radius 1 is 1.11 bits per heavy atom. The molecule has 0 radical (unpaired) electrons. The van der Waals surface area contributed by atoms with Crippen molar-refractivity contribution in [3.05, 3.63) is 65.7 Å². The van der Waals surface area contributed by atoms with Crippen molar-refractivity contribution in [2.24, 2.45) is 0 Å². The number of hydrogen-bond acceptors (Lipinski definition) is 3. The van der Waals surface area contributed by atoms with Crippen LogP contribution >= 0.6 is 0 Å². The summed E-state index contributed by atoms with van der Waals surface area (Å²) >= 11 is 0. The second-order valence-electron chi connectivity index (χ2n) is 4.57. The van der Waals surface area contributed by atoms with Crippen molar-refractivity contribution in [2.75, 3.05) is 0 Å². The Morgan fingerprint density at radius 2 is 2.05 bits per heavy atom. The van der Waals surface area contributed by atoms with Crippen molar-refractivity contribution in [3.63, 3.8) is 0 Å². The van der Waals surface area contributed by atoms with E-state index in [0.717, 1.165) is 30.0 Å². The summed E-state index contributed by atoms with van der Waals surface area (Å²) in [6, 6.07) is 12.2. The first-order chi connectivity index (χ1) is 9.33. The van der Waals surface area contributed by atoms with Crippen LogP contribution in [0, 0.1) is 6.92 Å². The van der Waals surface area contributed by atoms with E-state index in [1.165, 1.54) is 5.56 Å². The van der Waals surface area contributed by atoms with Gasteiger partial charge in [-0.25, -0.2) is 4.52 Å². The first kappa shape index (κ1) is 11.9. The average molecular weight is 252 g/mol. The third kappa shape index (κ3) is 2.63. The number of nitrogens with zero attached hydrogens (tertiary/aromatic N) is 3. The van der Waals surface area contributed by atoms with Gasteiger partial charge >= 0.3 is 0 Å². The van der Waals surface area contributed by atoms with Crippen LogP contribution < -0.4 is 5.32 Å². The van der Waals surface area contributed by atoms with E-state index in [9.17, 15) is 0 Å². The first-order valence-corrected chi connectivity index (χ1v) is 6.37. The molecule has 0 amide bonds. The minimum atomic E-state index is 0.770. The predicted octanol–water partition coefficient (Wildman–Crippen LogP) is 2.33. The summed E-state index contributed by atoms with van der Waals surface area (Å²) in [5.41, 5.74) is 4.47. The Labute approximate surface area is 112 Å². The maximum Gasteiger partial charge on any atom is 0.0706 e. The van der Waals surface area contributed by atoms with Crippen molar-refractivity contribution in [3.8, 4) is 0 Å². The van der Waals surface area contributed by atoms with Crippen molar-refractivity contribution in [1.82, 2.24) is 19.9 Å². The van der Waals surface area contributed by atoms with E-state index < -0.39 is 0 Å². The monoisotopic (exact) mass is 252 g/mol. The van der Waals surface area contributed by atoms with Crippen molar-refractivity contribution in [2.45, 2.75) is 20.0 Å². The molecule has 96 valence electrons. The Balaban J connectivity index is 1.66. The number of pyridine rings is 2. The molecule has 0 bridgehead atoms. The van der Waals surface area contributed by atoms with Gasteiger partial charge in [0, 0.05) is 30.5 Å². The summed E-state index contributed by atoms with van der Waals surface area (Å²) in [6.45, 7) is 3.57. The minimum Gasteiger partial charge on any atom is -0.307 e. The van der Waals surface area contributed by atoms with Crippen LogP contribution in [-0.2, 0) is 13.1 Å². The van der Waals surface area contributed by atoms with Gasteiger partial charge in [-0.15, -0.1) is 0 Å². The summed E-state index contributed by atoms with van der Waals surface area (Å²) in [7, 11) is 0. The molecular formula is C15H16N4. The van der Waals surface area contributed by atoms with E-state index in [1.54, 1.807) is 0 Å². The zero-order valence-electron chi connectivity index (χ0n) is 10.9. The Kier molecular flexibility index (Phi) is 3.25. The Morgan fingerprint density at radius 3 is 2.95 bits per heavy atom. The van der Waals surface area contributed by atoms with Crippen molar-refractivity contribution in [1.29, 1.82) is 0 Å². The summed E-state index contributed by atoms with van der Waals surface area (Å²) in [5.74, 6) is 0. The highest BCUT2D eigenvalue weighted by molar-refractivity contribution is 5.53. The second-order valence-corrected chi connectivity index (χ2v) is 4.57. The van der Waals surface area contributed by atoms with Crippen LogP contribution in [0.2, 0.25) is 0 Å². The van der Waals surface area contributed by atoms with E-state index in [2.05, 4.69) is 21.5 Å². The smallest absolute Gasteiger partial charge is 0.0706 e. The van der Waals surface area contributed by atoms with Crippen molar-refractivity contribution < 1.29 is 0 Å². The van der Waals surface area contributed by atoms with E-state index in [1.807, 2.05) is 54.2 Å². The van der Waals surface area contributed by atoms with Crippen LogP contribution in [-0.4, -0.2) is 14.6 Å². The van der Waals surface area contributed by atoms with Gasteiger partial charge in [0.25, 0.3) is 0 Å². The molecule has 3 aromatic heterocycles.